The molecular weight excluding hydrogens is 198 g/mol. The van der Waals surface area contributed by atoms with E-state index in [9.17, 15) is 8.78 Å². The third kappa shape index (κ3) is 3.16. The van der Waals surface area contributed by atoms with Crippen molar-refractivity contribution in [2.45, 2.75) is 19.9 Å². The Bertz CT molecular complexity index is 326. The zero-order valence-corrected chi connectivity index (χ0v) is 9.00. The summed E-state index contributed by atoms with van der Waals surface area (Å²) in [5, 5.41) is 0. The molecule has 1 aromatic rings. The molecule has 0 saturated carbocycles. The second-order valence-electron chi connectivity index (χ2n) is 3.61. The normalized spacial score (nSPS) is 12.6. The summed E-state index contributed by atoms with van der Waals surface area (Å²) in [5.41, 5.74) is 6.33. The smallest absolute Gasteiger partial charge is 0.160 e. The highest BCUT2D eigenvalue weighted by atomic mass is 19.2. The Balaban J connectivity index is 2.87. The van der Waals surface area contributed by atoms with Crippen LogP contribution in [0.25, 0.3) is 0 Å². The Hall–Kier alpha value is -1.16. The van der Waals surface area contributed by atoms with Crippen molar-refractivity contribution in [1.82, 2.24) is 0 Å². The Morgan fingerprint density at radius 1 is 1.33 bits per heavy atom. The second-order valence-corrected chi connectivity index (χ2v) is 3.61. The van der Waals surface area contributed by atoms with E-state index in [1.807, 2.05) is 18.7 Å². The van der Waals surface area contributed by atoms with Crippen LogP contribution in [-0.2, 0) is 0 Å². The van der Waals surface area contributed by atoms with Gasteiger partial charge < -0.3 is 10.6 Å². The molecule has 2 N–H and O–H groups in total. The van der Waals surface area contributed by atoms with Gasteiger partial charge in [0.15, 0.2) is 11.6 Å². The molecule has 0 saturated heterocycles. The van der Waals surface area contributed by atoms with Crippen LogP contribution in [0.2, 0.25) is 0 Å². The van der Waals surface area contributed by atoms with Crippen molar-refractivity contribution in [3.05, 3.63) is 29.8 Å². The highest BCUT2D eigenvalue weighted by molar-refractivity contribution is 5.46. The number of nitrogens with zero attached hydrogens (tertiary/aromatic N) is 1. The summed E-state index contributed by atoms with van der Waals surface area (Å²) in [7, 11) is 0. The molecular formula is C11H16F2N2. The summed E-state index contributed by atoms with van der Waals surface area (Å²) in [4.78, 5) is 1.91. The van der Waals surface area contributed by atoms with Crippen LogP contribution in [0, 0.1) is 11.6 Å². The maximum absolute atomic E-state index is 13.0. The van der Waals surface area contributed by atoms with Crippen LogP contribution >= 0.6 is 0 Å². The summed E-state index contributed by atoms with van der Waals surface area (Å²) < 4.78 is 25.7. The van der Waals surface area contributed by atoms with Gasteiger partial charge in [-0.15, -0.1) is 0 Å². The molecule has 0 heterocycles. The fourth-order valence-electron chi connectivity index (χ4n) is 1.45. The summed E-state index contributed by atoms with van der Waals surface area (Å²) in [6, 6.07) is 3.89. The van der Waals surface area contributed by atoms with Gasteiger partial charge in [0.25, 0.3) is 0 Å². The van der Waals surface area contributed by atoms with Crippen LogP contribution in [0.4, 0.5) is 14.5 Å². The van der Waals surface area contributed by atoms with Crippen LogP contribution in [0.3, 0.4) is 0 Å². The molecule has 0 aromatic heterocycles. The molecule has 0 bridgehead atoms. The number of hydrogen-bond donors (Lipinski definition) is 1. The minimum absolute atomic E-state index is 0.00179. The first-order chi connectivity index (χ1) is 7.04. The van der Waals surface area contributed by atoms with E-state index in [2.05, 4.69) is 0 Å². The fourth-order valence-corrected chi connectivity index (χ4v) is 1.45. The lowest BCUT2D eigenvalue weighted by atomic mass is 10.2. The molecule has 0 radical (unpaired) electrons. The van der Waals surface area contributed by atoms with Gasteiger partial charge in [-0.1, -0.05) is 0 Å². The Kier molecular flexibility index (Phi) is 4.03. The van der Waals surface area contributed by atoms with Crippen LogP contribution in [-0.4, -0.2) is 19.1 Å². The molecule has 0 aliphatic rings. The maximum atomic E-state index is 13.0. The molecule has 1 atom stereocenters. The maximum Gasteiger partial charge on any atom is 0.160 e. The monoisotopic (exact) mass is 214 g/mol. The van der Waals surface area contributed by atoms with E-state index in [0.717, 1.165) is 6.07 Å². The first-order valence-electron chi connectivity index (χ1n) is 5.00. The lowest BCUT2D eigenvalue weighted by molar-refractivity contribution is 0.508. The van der Waals surface area contributed by atoms with Gasteiger partial charge in [0.2, 0.25) is 0 Å². The molecule has 0 aliphatic carbocycles. The van der Waals surface area contributed by atoms with Crippen molar-refractivity contribution in [3.63, 3.8) is 0 Å². The molecule has 0 aliphatic heterocycles. The molecule has 2 nitrogen and oxygen atoms in total. The standard InChI is InChI=1S/C11H16F2N2/c1-3-15(7-8(2)14)9-4-5-10(12)11(13)6-9/h4-6,8H,3,7,14H2,1-2H3. The zero-order valence-electron chi connectivity index (χ0n) is 9.00. The van der Waals surface area contributed by atoms with Crippen molar-refractivity contribution in [2.75, 3.05) is 18.0 Å². The highest BCUT2D eigenvalue weighted by Gasteiger charge is 2.09. The van der Waals surface area contributed by atoms with E-state index in [0.29, 0.717) is 18.8 Å². The molecule has 0 spiro atoms. The van der Waals surface area contributed by atoms with Gasteiger partial charge in [0.05, 0.1) is 0 Å². The summed E-state index contributed by atoms with van der Waals surface area (Å²) in [6.45, 7) is 5.17. The van der Waals surface area contributed by atoms with Gasteiger partial charge >= 0.3 is 0 Å². The number of anilines is 1. The highest BCUT2D eigenvalue weighted by Crippen LogP contribution is 2.17. The van der Waals surface area contributed by atoms with Crippen LogP contribution in [0.15, 0.2) is 18.2 Å². The molecule has 15 heavy (non-hydrogen) atoms. The van der Waals surface area contributed by atoms with Crippen LogP contribution in [0.5, 0.6) is 0 Å². The molecule has 1 rings (SSSR count). The largest absolute Gasteiger partial charge is 0.370 e. The molecule has 0 fully saturated rings. The predicted molar refractivity (Wildman–Crippen MR) is 57.9 cm³/mol. The van der Waals surface area contributed by atoms with E-state index in [1.54, 1.807) is 6.07 Å². The van der Waals surface area contributed by atoms with Crippen molar-refractivity contribution < 1.29 is 8.78 Å². The first kappa shape index (κ1) is 11.9. The van der Waals surface area contributed by atoms with Crippen molar-refractivity contribution in [2.24, 2.45) is 5.73 Å². The van der Waals surface area contributed by atoms with Crippen LogP contribution < -0.4 is 10.6 Å². The fraction of sp³-hybridized carbons (Fsp3) is 0.455. The van der Waals surface area contributed by atoms with Crippen molar-refractivity contribution in [1.29, 1.82) is 0 Å². The number of nitrogens with two attached hydrogens (primary N) is 1. The van der Waals surface area contributed by atoms with E-state index < -0.39 is 11.6 Å². The third-order valence-corrected chi connectivity index (χ3v) is 2.16. The second kappa shape index (κ2) is 5.07. The predicted octanol–water partition coefficient (Wildman–Crippen LogP) is 2.14. The third-order valence-electron chi connectivity index (χ3n) is 2.16. The Morgan fingerprint density at radius 2 is 2.00 bits per heavy atom. The summed E-state index contributed by atoms with van der Waals surface area (Å²) >= 11 is 0. The number of hydrogen-bond acceptors (Lipinski definition) is 2. The topological polar surface area (TPSA) is 29.3 Å². The molecule has 84 valence electrons. The number of rotatable bonds is 4. The van der Waals surface area contributed by atoms with Gasteiger partial charge in [-0.25, -0.2) is 8.78 Å². The zero-order chi connectivity index (χ0) is 11.4. The van der Waals surface area contributed by atoms with Gasteiger partial charge in [0.1, 0.15) is 0 Å². The van der Waals surface area contributed by atoms with Crippen LogP contribution in [0.1, 0.15) is 13.8 Å². The Morgan fingerprint density at radius 3 is 2.47 bits per heavy atom. The van der Waals surface area contributed by atoms with E-state index in [-0.39, 0.29) is 6.04 Å². The summed E-state index contributed by atoms with van der Waals surface area (Å²) in [6.07, 6.45) is 0. The van der Waals surface area contributed by atoms with E-state index in [4.69, 9.17) is 5.73 Å². The van der Waals surface area contributed by atoms with Gasteiger partial charge in [-0.3, -0.25) is 0 Å². The minimum atomic E-state index is -0.824. The van der Waals surface area contributed by atoms with E-state index in [1.165, 1.54) is 6.07 Å². The molecule has 1 unspecified atom stereocenters. The molecule has 4 heteroatoms. The van der Waals surface area contributed by atoms with E-state index >= 15 is 0 Å². The van der Waals surface area contributed by atoms with Gasteiger partial charge in [-0.05, 0) is 26.0 Å². The first-order valence-corrected chi connectivity index (χ1v) is 5.00. The van der Waals surface area contributed by atoms with Gasteiger partial charge in [-0.2, -0.15) is 0 Å². The average Bonchev–Trinajstić information content (AvgIpc) is 2.18. The quantitative estimate of drug-likeness (QED) is 0.832. The molecule has 0 amide bonds. The number of halogens is 2. The van der Waals surface area contributed by atoms with Crippen molar-refractivity contribution >= 4 is 5.69 Å². The Labute approximate surface area is 88.7 Å². The minimum Gasteiger partial charge on any atom is -0.370 e. The SMILES string of the molecule is CCN(CC(C)N)c1ccc(F)c(F)c1. The number of likely N-dealkylation sites (N-methyl/N-ethyl adjacent to an activating group) is 1. The molecule has 1 aromatic carbocycles. The average molecular weight is 214 g/mol. The van der Waals surface area contributed by atoms with Crippen molar-refractivity contribution in [3.8, 4) is 0 Å². The summed E-state index contributed by atoms with van der Waals surface area (Å²) in [5.74, 6) is -1.65. The lowest BCUT2D eigenvalue weighted by Crippen LogP contribution is -2.35. The lowest BCUT2D eigenvalue weighted by Gasteiger charge is -2.25. The number of benzene rings is 1. The van der Waals surface area contributed by atoms with Gasteiger partial charge in [0, 0.05) is 30.9 Å².